The SMILES string of the molecule is Cc1[nH]c(CCc2cc(C)n(-c3ccccc3-c3ccccc3Cl)c2C)c(O)c1C(=O)OC(C)C. The van der Waals surface area contributed by atoms with Gasteiger partial charge in [0.05, 0.1) is 17.5 Å². The summed E-state index contributed by atoms with van der Waals surface area (Å²) in [6.45, 7) is 9.56. The van der Waals surface area contributed by atoms with Crippen LogP contribution in [0.5, 0.6) is 5.75 Å². The molecule has 2 aromatic carbocycles. The molecule has 0 unspecified atom stereocenters. The molecule has 0 aliphatic rings. The molecule has 0 radical (unpaired) electrons. The number of carbonyl (C=O) groups excluding carboxylic acids is 1. The van der Waals surface area contributed by atoms with Crippen molar-refractivity contribution >= 4 is 17.6 Å². The Bertz CT molecular complexity index is 1380. The average molecular weight is 491 g/mol. The van der Waals surface area contributed by atoms with Gasteiger partial charge in [-0.15, -0.1) is 0 Å². The van der Waals surface area contributed by atoms with Gasteiger partial charge in [0.2, 0.25) is 0 Å². The molecule has 5 nitrogen and oxygen atoms in total. The third-order valence-corrected chi connectivity index (χ3v) is 6.60. The molecule has 2 aromatic heterocycles. The van der Waals surface area contributed by atoms with Gasteiger partial charge in [-0.2, -0.15) is 0 Å². The van der Waals surface area contributed by atoms with Gasteiger partial charge in [0.25, 0.3) is 0 Å². The lowest BCUT2D eigenvalue weighted by molar-refractivity contribution is 0.0374. The zero-order valence-electron chi connectivity index (χ0n) is 20.8. The van der Waals surface area contributed by atoms with E-state index in [0.29, 0.717) is 29.3 Å². The van der Waals surface area contributed by atoms with E-state index >= 15 is 0 Å². The predicted octanol–water partition coefficient (Wildman–Crippen LogP) is 7.11. The van der Waals surface area contributed by atoms with E-state index in [9.17, 15) is 9.90 Å². The van der Waals surface area contributed by atoms with E-state index in [2.05, 4.69) is 41.6 Å². The Morgan fingerprint density at radius 3 is 2.37 bits per heavy atom. The Labute approximate surface area is 211 Å². The number of rotatable bonds is 7. The predicted molar refractivity (Wildman–Crippen MR) is 141 cm³/mol. The van der Waals surface area contributed by atoms with Crippen molar-refractivity contribution in [3.05, 3.63) is 93.5 Å². The van der Waals surface area contributed by atoms with Crippen LogP contribution in [0.15, 0.2) is 54.6 Å². The molecular weight excluding hydrogens is 460 g/mol. The highest BCUT2D eigenvalue weighted by Crippen LogP contribution is 2.35. The number of H-pyrrole nitrogens is 1. The lowest BCUT2D eigenvalue weighted by atomic mass is 10.0. The van der Waals surface area contributed by atoms with Crippen LogP contribution in [-0.2, 0) is 17.6 Å². The van der Waals surface area contributed by atoms with E-state index in [1.54, 1.807) is 20.8 Å². The van der Waals surface area contributed by atoms with Crippen LogP contribution in [0.1, 0.15) is 52.5 Å². The number of hydrogen-bond acceptors (Lipinski definition) is 3. The largest absolute Gasteiger partial charge is 0.505 e. The maximum absolute atomic E-state index is 12.4. The fraction of sp³-hybridized carbons (Fsp3) is 0.276. The molecule has 35 heavy (non-hydrogen) atoms. The summed E-state index contributed by atoms with van der Waals surface area (Å²) in [5.74, 6) is -0.530. The van der Waals surface area contributed by atoms with E-state index in [4.69, 9.17) is 16.3 Å². The summed E-state index contributed by atoms with van der Waals surface area (Å²) >= 11 is 6.53. The van der Waals surface area contributed by atoms with Crippen molar-refractivity contribution < 1.29 is 14.6 Å². The van der Waals surface area contributed by atoms with Crippen LogP contribution in [0.3, 0.4) is 0 Å². The van der Waals surface area contributed by atoms with Crippen molar-refractivity contribution in [3.63, 3.8) is 0 Å². The number of para-hydroxylation sites is 1. The summed E-state index contributed by atoms with van der Waals surface area (Å²) in [4.78, 5) is 15.6. The maximum Gasteiger partial charge on any atom is 0.344 e. The van der Waals surface area contributed by atoms with Gasteiger partial charge in [-0.1, -0.05) is 48.0 Å². The second-order valence-electron chi connectivity index (χ2n) is 9.13. The van der Waals surface area contributed by atoms with Gasteiger partial charge in [0.15, 0.2) is 5.75 Å². The summed E-state index contributed by atoms with van der Waals surface area (Å²) in [6, 6.07) is 18.3. The first kappa shape index (κ1) is 24.7. The number of esters is 1. The second-order valence-corrected chi connectivity index (χ2v) is 9.54. The van der Waals surface area contributed by atoms with Gasteiger partial charge >= 0.3 is 5.97 Å². The Morgan fingerprint density at radius 1 is 1.03 bits per heavy atom. The number of halogens is 1. The fourth-order valence-electron chi connectivity index (χ4n) is 4.67. The van der Waals surface area contributed by atoms with Gasteiger partial charge in [-0.3, -0.25) is 0 Å². The normalized spacial score (nSPS) is 11.3. The number of nitrogens with one attached hydrogen (secondary N) is 1. The summed E-state index contributed by atoms with van der Waals surface area (Å²) < 4.78 is 7.53. The van der Waals surface area contributed by atoms with Gasteiger partial charge < -0.3 is 19.4 Å². The van der Waals surface area contributed by atoms with Gasteiger partial charge in [0, 0.05) is 33.2 Å². The molecule has 0 saturated carbocycles. The number of aromatic amines is 1. The number of nitrogens with zero attached hydrogens (tertiary/aromatic N) is 1. The molecule has 0 bridgehead atoms. The Morgan fingerprint density at radius 2 is 1.69 bits per heavy atom. The van der Waals surface area contributed by atoms with Gasteiger partial charge in [0.1, 0.15) is 5.56 Å². The first-order chi connectivity index (χ1) is 16.7. The molecule has 0 amide bonds. The number of aromatic hydroxyl groups is 1. The maximum atomic E-state index is 12.4. The Balaban J connectivity index is 1.64. The average Bonchev–Trinajstić information content (AvgIpc) is 3.25. The second kappa shape index (κ2) is 10.0. The molecule has 0 spiro atoms. The minimum Gasteiger partial charge on any atom is -0.505 e. The third-order valence-electron chi connectivity index (χ3n) is 6.27. The minimum absolute atomic E-state index is 0.0222. The number of benzene rings is 2. The minimum atomic E-state index is -0.508. The number of hydrogen-bond donors (Lipinski definition) is 2. The first-order valence-corrected chi connectivity index (χ1v) is 12.2. The van der Waals surface area contributed by atoms with Crippen LogP contribution in [0.2, 0.25) is 5.02 Å². The monoisotopic (exact) mass is 490 g/mol. The zero-order chi connectivity index (χ0) is 25.3. The molecule has 0 aliphatic carbocycles. The highest BCUT2D eigenvalue weighted by Gasteiger charge is 2.23. The molecule has 0 atom stereocenters. The molecule has 2 heterocycles. The standard InChI is InChI=1S/C29H31ClN2O3/c1-17(2)35-29(34)27-19(4)31-25(28(27)33)15-14-21-16-18(3)32(20(21)5)26-13-9-7-11-23(26)22-10-6-8-12-24(22)30/h6-13,16-17,31,33H,14-15H2,1-5H3. The fourth-order valence-corrected chi connectivity index (χ4v) is 4.91. The van der Waals surface area contributed by atoms with Crippen LogP contribution < -0.4 is 0 Å². The molecular formula is C29H31ClN2O3. The topological polar surface area (TPSA) is 67.2 Å². The summed E-state index contributed by atoms with van der Waals surface area (Å²) in [6.07, 6.45) is 1.02. The van der Waals surface area contributed by atoms with E-state index in [1.165, 1.54) is 5.56 Å². The third kappa shape index (κ3) is 4.87. The van der Waals surface area contributed by atoms with E-state index in [1.807, 2.05) is 36.4 Å². The van der Waals surface area contributed by atoms with Crippen LogP contribution in [0.25, 0.3) is 16.8 Å². The van der Waals surface area contributed by atoms with E-state index in [-0.39, 0.29) is 17.4 Å². The highest BCUT2D eigenvalue weighted by atomic mass is 35.5. The van der Waals surface area contributed by atoms with E-state index < -0.39 is 5.97 Å². The molecule has 4 rings (SSSR count). The van der Waals surface area contributed by atoms with Crippen LogP contribution in [0.4, 0.5) is 0 Å². The smallest absolute Gasteiger partial charge is 0.344 e. The van der Waals surface area contributed by atoms with Gasteiger partial charge in [-0.25, -0.2) is 4.79 Å². The van der Waals surface area contributed by atoms with Crippen LogP contribution in [0, 0.1) is 20.8 Å². The van der Waals surface area contributed by atoms with Crippen molar-refractivity contribution in [2.45, 2.75) is 53.6 Å². The lowest BCUT2D eigenvalue weighted by Crippen LogP contribution is -2.12. The number of aryl methyl sites for hydroxylation is 4. The van der Waals surface area contributed by atoms with Crippen molar-refractivity contribution in [2.24, 2.45) is 0 Å². The molecule has 182 valence electrons. The molecule has 4 aromatic rings. The molecule has 2 N–H and O–H groups in total. The van der Waals surface area contributed by atoms with Crippen molar-refractivity contribution in [1.29, 1.82) is 0 Å². The Kier molecular flexibility index (Phi) is 7.08. The van der Waals surface area contributed by atoms with Crippen molar-refractivity contribution in [3.8, 4) is 22.6 Å². The van der Waals surface area contributed by atoms with Gasteiger partial charge in [-0.05, 0) is 71.2 Å². The van der Waals surface area contributed by atoms with Crippen LogP contribution in [-0.4, -0.2) is 26.7 Å². The van der Waals surface area contributed by atoms with Crippen molar-refractivity contribution in [1.82, 2.24) is 9.55 Å². The number of carbonyl (C=O) groups is 1. The molecule has 6 heteroatoms. The summed E-state index contributed by atoms with van der Waals surface area (Å²) in [5.41, 5.74) is 8.02. The van der Waals surface area contributed by atoms with Crippen molar-refractivity contribution in [2.75, 3.05) is 0 Å². The summed E-state index contributed by atoms with van der Waals surface area (Å²) in [7, 11) is 0. The number of ether oxygens (including phenoxy) is 1. The molecule has 0 saturated heterocycles. The number of aromatic nitrogens is 2. The molecule has 0 fully saturated rings. The zero-order valence-corrected chi connectivity index (χ0v) is 21.5. The van der Waals surface area contributed by atoms with Crippen LogP contribution >= 0.6 is 11.6 Å². The van der Waals surface area contributed by atoms with E-state index in [0.717, 1.165) is 28.2 Å². The summed E-state index contributed by atoms with van der Waals surface area (Å²) in [5, 5.41) is 11.4. The molecule has 0 aliphatic heterocycles. The first-order valence-electron chi connectivity index (χ1n) is 11.8. The lowest BCUT2D eigenvalue weighted by Gasteiger charge is -2.16. The Hall–Kier alpha value is -3.44. The highest BCUT2D eigenvalue weighted by molar-refractivity contribution is 6.33. The quantitative estimate of drug-likeness (QED) is 0.271.